The second-order valence-corrected chi connectivity index (χ2v) is 2.85. The van der Waals surface area contributed by atoms with E-state index >= 15 is 0 Å². The molecule has 3 N–H and O–H groups in total. The highest BCUT2D eigenvalue weighted by atomic mass is 35.5. The first-order valence-corrected chi connectivity index (χ1v) is 3.83. The molecule has 0 aromatic heterocycles. The van der Waals surface area contributed by atoms with Crippen molar-refractivity contribution >= 4 is 11.6 Å². The van der Waals surface area contributed by atoms with E-state index in [0.29, 0.717) is 5.56 Å². The zero-order valence-corrected chi connectivity index (χ0v) is 7.05. The van der Waals surface area contributed by atoms with E-state index in [4.69, 9.17) is 17.3 Å². The summed E-state index contributed by atoms with van der Waals surface area (Å²) in [5.74, 6) is -0.135. The predicted octanol–water partition coefficient (Wildman–Crippen LogP) is 2.01. The number of benzene rings is 1. The van der Waals surface area contributed by atoms with E-state index in [2.05, 4.69) is 0 Å². The summed E-state index contributed by atoms with van der Waals surface area (Å²) in [5, 5.41) is 9.51. The summed E-state index contributed by atoms with van der Waals surface area (Å²) in [7, 11) is 0. The Balaban J connectivity index is 3.07. The smallest absolute Gasteiger partial charge is 0.139 e. The topological polar surface area (TPSA) is 46.2 Å². The summed E-state index contributed by atoms with van der Waals surface area (Å²) in [5.41, 5.74) is 5.71. The highest BCUT2D eigenvalue weighted by molar-refractivity contribution is 6.32. The van der Waals surface area contributed by atoms with Crippen LogP contribution in [0.25, 0.3) is 0 Å². The third-order valence-corrected chi connectivity index (χ3v) is 1.89. The first-order valence-electron chi connectivity index (χ1n) is 3.45. The normalized spacial score (nSPS) is 12.9. The fraction of sp³-hybridized carbons (Fsp3) is 0.250. The van der Waals surface area contributed by atoms with Crippen LogP contribution >= 0.6 is 11.6 Å². The molecule has 0 aliphatic heterocycles. The number of phenols is 1. The van der Waals surface area contributed by atoms with E-state index in [9.17, 15) is 9.50 Å². The van der Waals surface area contributed by atoms with E-state index in [-0.39, 0.29) is 10.8 Å². The highest BCUT2D eigenvalue weighted by Crippen LogP contribution is 2.30. The zero-order valence-electron chi connectivity index (χ0n) is 6.30. The Bertz CT molecular complexity index is 280. The molecule has 1 aromatic carbocycles. The third-order valence-electron chi connectivity index (χ3n) is 1.58. The average molecular weight is 190 g/mol. The van der Waals surface area contributed by atoms with Crippen LogP contribution in [-0.4, -0.2) is 11.8 Å². The van der Waals surface area contributed by atoms with Gasteiger partial charge in [0.1, 0.15) is 12.4 Å². The van der Waals surface area contributed by atoms with Gasteiger partial charge in [0.05, 0.1) is 11.1 Å². The second-order valence-electron chi connectivity index (χ2n) is 2.44. The van der Waals surface area contributed by atoms with E-state index < -0.39 is 12.7 Å². The van der Waals surface area contributed by atoms with Gasteiger partial charge in [-0.25, -0.2) is 4.39 Å². The standard InChI is InChI=1S/C8H9ClFNO/c9-6-3-1-2-5(8(6)12)7(11)4-10/h1-3,7,12H,4,11H2. The van der Waals surface area contributed by atoms with Gasteiger partial charge in [0, 0.05) is 5.56 Å². The number of halogens is 2. The lowest BCUT2D eigenvalue weighted by atomic mass is 10.1. The van der Waals surface area contributed by atoms with Crippen LogP contribution in [0, 0.1) is 0 Å². The molecular formula is C8H9ClFNO. The van der Waals surface area contributed by atoms with Crippen molar-refractivity contribution in [2.45, 2.75) is 6.04 Å². The van der Waals surface area contributed by atoms with E-state index in [1.165, 1.54) is 6.07 Å². The van der Waals surface area contributed by atoms with Gasteiger partial charge in [-0.2, -0.15) is 0 Å². The van der Waals surface area contributed by atoms with E-state index in [0.717, 1.165) is 0 Å². The molecule has 0 radical (unpaired) electrons. The molecule has 1 aromatic rings. The Morgan fingerprint density at radius 3 is 2.83 bits per heavy atom. The maximum Gasteiger partial charge on any atom is 0.139 e. The molecule has 0 heterocycles. The molecule has 1 unspecified atom stereocenters. The van der Waals surface area contributed by atoms with Gasteiger partial charge in [-0.05, 0) is 6.07 Å². The molecule has 1 rings (SSSR count). The molecule has 66 valence electrons. The van der Waals surface area contributed by atoms with Crippen LogP contribution < -0.4 is 5.73 Å². The monoisotopic (exact) mass is 189 g/mol. The fourth-order valence-corrected chi connectivity index (χ4v) is 1.10. The van der Waals surface area contributed by atoms with Gasteiger partial charge >= 0.3 is 0 Å². The number of phenolic OH excluding ortho intramolecular Hbond substituents is 1. The van der Waals surface area contributed by atoms with Gasteiger partial charge in [-0.3, -0.25) is 0 Å². The van der Waals surface area contributed by atoms with Gasteiger partial charge in [0.15, 0.2) is 0 Å². The predicted molar refractivity (Wildman–Crippen MR) is 46.0 cm³/mol. The molecule has 2 nitrogen and oxygen atoms in total. The summed E-state index contributed by atoms with van der Waals surface area (Å²) in [6.45, 7) is -0.714. The largest absolute Gasteiger partial charge is 0.506 e. The zero-order chi connectivity index (χ0) is 9.14. The molecule has 0 fully saturated rings. The minimum atomic E-state index is -0.802. The van der Waals surface area contributed by atoms with Crippen molar-refractivity contribution in [2.75, 3.05) is 6.67 Å². The first kappa shape index (κ1) is 9.29. The molecule has 0 saturated heterocycles. The number of hydrogen-bond donors (Lipinski definition) is 2. The molecule has 0 saturated carbocycles. The summed E-state index contributed by atoms with van der Waals surface area (Å²) in [4.78, 5) is 0. The van der Waals surface area contributed by atoms with Crippen molar-refractivity contribution in [1.82, 2.24) is 0 Å². The quantitative estimate of drug-likeness (QED) is 0.748. The van der Waals surface area contributed by atoms with Crippen molar-refractivity contribution in [3.63, 3.8) is 0 Å². The maximum absolute atomic E-state index is 12.1. The minimum Gasteiger partial charge on any atom is -0.506 e. The van der Waals surface area contributed by atoms with Crippen molar-refractivity contribution < 1.29 is 9.50 Å². The number of hydrogen-bond acceptors (Lipinski definition) is 2. The van der Waals surface area contributed by atoms with Crippen LogP contribution in [-0.2, 0) is 0 Å². The number of nitrogens with two attached hydrogens (primary N) is 1. The van der Waals surface area contributed by atoms with Crippen molar-refractivity contribution in [3.05, 3.63) is 28.8 Å². The maximum atomic E-state index is 12.1. The van der Waals surface area contributed by atoms with Gasteiger partial charge in [0.25, 0.3) is 0 Å². The lowest BCUT2D eigenvalue weighted by molar-refractivity contribution is 0.414. The Labute approximate surface area is 74.8 Å². The van der Waals surface area contributed by atoms with Gasteiger partial charge < -0.3 is 10.8 Å². The lowest BCUT2D eigenvalue weighted by Gasteiger charge is -2.09. The number of rotatable bonds is 2. The van der Waals surface area contributed by atoms with Crippen molar-refractivity contribution in [1.29, 1.82) is 0 Å². The van der Waals surface area contributed by atoms with Gasteiger partial charge in [-0.15, -0.1) is 0 Å². The molecule has 4 heteroatoms. The summed E-state index contributed by atoms with van der Waals surface area (Å²) >= 11 is 5.59. The van der Waals surface area contributed by atoms with Crippen LogP contribution in [0.4, 0.5) is 4.39 Å². The van der Waals surface area contributed by atoms with Crippen LogP contribution in [0.1, 0.15) is 11.6 Å². The second kappa shape index (κ2) is 3.74. The molecule has 0 aliphatic carbocycles. The third kappa shape index (κ3) is 1.68. The van der Waals surface area contributed by atoms with Gasteiger partial charge in [0.2, 0.25) is 0 Å². The molecule has 0 aliphatic rings. The Morgan fingerprint density at radius 2 is 2.25 bits per heavy atom. The fourth-order valence-electron chi connectivity index (χ4n) is 0.914. The molecule has 0 amide bonds. The average Bonchev–Trinajstić information content (AvgIpc) is 2.08. The molecule has 12 heavy (non-hydrogen) atoms. The Kier molecular flexibility index (Phi) is 2.89. The van der Waals surface area contributed by atoms with E-state index in [1.807, 2.05) is 0 Å². The lowest BCUT2D eigenvalue weighted by Crippen LogP contribution is -2.12. The molecular weight excluding hydrogens is 181 g/mol. The number of alkyl halides is 1. The van der Waals surface area contributed by atoms with Gasteiger partial charge in [-0.1, -0.05) is 23.7 Å². The van der Waals surface area contributed by atoms with Crippen molar-refractivity contribution in [2.24, 2.45) is 5.73 Å². The molecule has 0 spiro atoms. The Morgan fingerprint density at radius 1 is 1.58 bits per heavy atom. The van der Waals surface area contributed by atoms with Crippen LogP contribution in [0.2, 0.25) is 5.02 Å². The minimum absolute atomic E-state index is 0.135. The summed E-state index contributed by atoms with van der Waals surface area (Å²) in [6.07, 6.45) is 0. The SMILES string of the molecule is NC(CF)c1cccc(Cl)c1O. The summed E-state index contributed by atoms with van der Waals surface area (Å²) in [6, 6.07) is 3.88. The Hall–Kier alpha value is -0.800. The molecule has 1 atom stereocenters. The summed E-state index contributed by atoms with van der Waals surface area (Å²) < 4.78 is 12.1. The number of para-hydroxylation sites is 1. The highest BCUT2D eigenvalue weighted by Gasteiger charge is 2.11. The first-order chi connectivity index (χ1) is 5.66. The molecule has 0 bridgehead atoms. The van der Waals surface area contributed by atoms with Crippen molar-refractivity contribution in [3.8, 4) is 5.75 Å². The van der Waals surface area contributed by atoms with Crippen LogP contribution in [0.3, 0.4) is 0 Å². The van der Waals surface area contributed by atoms with E-state index in [1.54, 1.807) is 12.1 Å². The number of aromatic hydroxyl groups is 1. The van der Waals surface area contributed by atoms with Crippen LogP contribution in [0.15, 0.2) is 18.2 Å². The van der Waals surface area contributed by atoms with Crippen LogP contribution in [0.5, 0.6) is 5.75 Å².